The van der Waals surface area contributed by atoms with Crippen LogP contribution in [0.5, 0.6) is 11.5 Å². The van der Waals surface area contributed by atoms with Gasteiger partial charge in [-0.25, -0.2) is 0 Å². The largest absolute Gasteiger partial charge is 0.495 e. The number of hydrogen-bond donors (Lipinski definition) is 1. The summed E-state index contributed by atoms with van der Waals surface area (Å²) >= 11 is 6.07. The number of carbonyl (C=O) groups excluding carboxylic acids is 1. The van der Waals surface area contributed by atoms with Crippen molar-refractivity contribution < 1.29 is 14.3 Å². The van der Waals surface area contributed by atoms with Crippen LogP contribution in [0.15, 0.2) is 12.1 Å². The SMILES string of the molecule is CCCCCCCC(=O)Nc1cc(Cl)c(OC)cc1OC. The zero-order valence-corrected chi connectivity index (χ0v) is 13.8. The minimum Gasteiger partial charge on any atom is -0.495 e. The van der Waals surface area contributed by atoms with E-state index in [1.165, 1.54) is 26.4 Å². The van der Waals surface area contributed by atoms with Crippen LogP contribution in [0.25, 0.3) is 0 Å². The lowest BCUT2D eigenvalue weighted by atomic mass is 10.1. The third-order valence-electron chi connectivity index (χ3n) is 3.26. The van der Waals surface area contributed by atoms with Gasteiger partial charge in [0.1, 0.15) is 11.5 Å². The highest BCUT2D eigenvalue weighted by atomic mass is 35.5. The summed E-state index contributed by atoms with van der Waals surface area (Å²) < 4.78 is 10.4. The average Bonchev–Trinajstić information content (AvgIpc) is 2.47. The topological polar surface area (TPSA) is 47.6 Å². The van der Waals surface area contributed by atoms with Crippen molar-refractivity contribution in [3.05, 3.63) is 17.2 Å². The smallest absolute Gasteiger partial charge is 0.224 e. The maximum Gasteiger partial charge on any atom is 0.224 e. The summed E-state index contributed by atoms with van der Waals surface area (Å²) in [6, 6.07) is 3.31. The Hall–Kier alpha value is -1.42. The number of carbonyl (C=O) groups is 1. The van der Waals surface area contributed by atoms with E-state index in [1.54, 1.807) is 19.2 Å². The second-order valence-electron chi connectivity index (χ2n) is 4.90. The minimum absolute atomic E-state index is 0.0222. The van der Waals surface area contributed by atoms with Crippen LogP contribution in [0.1, 0.15) is 45.4 Å². The van der Waals surface area contributed by atoms with Crippen molar-refractivity contribution in [2.24, 2.45) is 0 Å². The van der Waals surface area contributed by atoms with Gasteiger partial charge in [0.25, 0.3) is 0 Å². The molecule has 118 valence electrons. The van der Waals surface area contributed by atoms with Gasteiger partial charge in [0.2, 0.25) is 5.91 Å². The number of rotatable bonds is 9. The number of ether oxygens (including phenoxy) is 2. The monoisotopic (exact) mass is 313 g/mol. The summed E-state index contributed by atoms with van der Waals surface area (Å²) in [5, 5.41) is 3.28. The minimum atomic E-state index is -0.0222. The molecule has 0 aliphatic rings. The van der Waals surface area contributed by atoms with E-state index in [-0.39, 0.29) is 5.91 Å². The van der Waals surface area contributed by atoms with Gasteiger partial charge in [0.05, 0.1) is 24.9 Å². The number of halogens is 1. The Morgan fingerprint density at radius 2 is 1.76 bits per heavy atom. The molecule has 0 aromatic heterocycles. The normalized spacial score (nSPS) is 10.3. The maximum atomic E-state index is 11.9. The van der Waals surface area contributed by atoms with E-state index in [0.717, 1.165) is 12.8 Å². The lowest BCUT2D eigenvalue weighted by Crippen LogP contribution is -2.12. The van der Waals surface area contributed by atoms with Gasteiger partial charge in [0, 0.05) is 12.5 Å². The van der Waals surface area contributed by atoms with Crippen LogP contribution < -0.4 is 14.8 Å². The molecule has 1 aromatic carbocycles. The standard InChI is InChI=1S/C16H24ClNO3/c1-4-5-6-7-8-9-16(19)18-13-10-12(17)14(20-2)11-15(13)21-3/h10-11H,4-9H2,1-3H3,(H,18,19). The fourth-order valence-electron chi connectivity index (χ4n) is 2.06. The number of anilines is 1. The summed E-state index contributed by atoms with van der Waals surface area (Å²) in [5.74, 6) is 1.03. The Kier molecular flexibility index (Phi) is 7.98. The van der Waals surface area contributed by atoms with Gasteiger partial charge in [-0.2, -0.15) is 0 Å². The van der Waals surface area contributed by atoms with Crippen molar-refractivity contribution in [3.8, 4) is 11.5 Å². The molecule has 1 amide bonds. The number of unbranched alkanes of at least 4 members (excludes halogenated alkanes) is 4. The van der Waals surface area contributed by atoms with Gasteiger partial charge < -0.3 is 14.8 Å². The first kappa shape index (κ1) is 17.6. The van der Waals surface area contributed by atoms with Crippen molar-refractivity contribution >= 4 is 23.2 Å². The van der Waals surface area contributed by atoms with Crippen molar-refractivity contribution in [2.75, 3.05) is 19.5 Å². The van der Waals surface area contributed by atoms with Crippen LogP contribution in [-0.2, 0) is 4.79 Å². The number of methoxy groups -OCH3 is 2. The Balaban J connectivity index is 2.57. The van der Waals surface area contributed by atoms with E-state index in [0.29, 0.717) is 28.6 Å². The van der Waals surface area contributed by atoms with Crippen LogP contribution >= 0.6 is 11.6 Å². The zero-order valence-electron chi connectivity index (χ0n) is 13.0. The first-order chi connectivity index (χ1) is 10.1. The molecule has 0 fully saturated rings. The summed E-state index contributed by atoms with van der Waals surface area (Å²) in [6.45, 7) is 2.17. The highest BCUT2D eigenvalue weighted by molar-refractivity contribution is 6.32. The summed E-state index contributed by atoms with van der Waals surface area (Å²) in [4.78, 5) is 11.9. The number of nitrogens with one attached hydrogen (secondary N) is 1. The zero-order chi connectivity index (χ0) is 15.7. The molecule has 1 N–H and O–H groups in total. The molecular weight excluding hydrogens is 290 g/mol. The van der Waals surface area contributed by atoms with E-state index in [4.69, 9.17) is 21.1 Å². The molecule has 1 aromatic rings. The first-order valence-corrected chi connectivity index (χ1v) is 7.71. The van der Waals surface area contributed by atoms with Crippen molar-refractivity contribution in [2.45, 2.75) is 45.4 Å². The second kappa shape index (κ2) is 9.50. The van der Waals surface area contributed by atoms with Gasteiger partial charge in [-0.1, -0.05) is 44.2 Å². The fourth-order valence-corrected chi connectivity index (χ4v) is 2.30. The predicted octanol–water partition coefficient (Wildman–Crippen LogP) is 4.66. The van der Waals surface area contributed by atoms with Gasteiger partial charge in [-0.15, -0.1) is 0 Å². The Bertz CT molecular complexity index is 463. The molecule has 0 aliphatic carbocycles. The first-order valence-electron chi connectivity index (χ1n) is 7.33. The van der Waals surface area contributed by atoms with Gasteiger partial charge in [0.15, 0.2) is 0 Å². The number of hydrogen-bond acceptors (Lipinski definition) is 3. The van der Waals surface area contributed by atoms with E-state index in [2.05, 4.69) is 12.2 Å². The molecule has 0 aliphatic heterocycles. The van der Waals surface area contributed by atoms with Crippen LogP contribution in [-0.4, -0.2) is 20.1 Å². The highest BCUT2D eigenvalue weighted by Gasteiger charge is 2.12. The molecular formula is C16H24ClNO3. The number of amides is 1. The fraction of sp³-hybridized carbons (Fsp3) is 0.562. The molecule has 0 bridgehead atoms. The quantitative estimate of drug-likeness (QED) is 0.675. The van der Waals surface area contributed by atoms with Crippen LogP contribution in [0.3, 0.4) is 0 Å². The van der Waals surface area contributed by atoms with E-state index < -0.39 is 0 Å². The van der Waals surface area contributed by atoms with Crippen LogP contribution in [0.2, 0.25) is 5.02 Å². The molecule has 1 rings (SSSR count). The second-order valence-corrected chi connectivity index (χ2v) is 5.31. The third-order valence-corrected chi connectivity index (χ3v) is 3.55. The van der Waals surface area contributed by atoms with Crippen LogP contribution in [0.4, 0.5) is 5.69 Å². The molecule has 0 heterocycles. The van der Waals surface area contributed by atoms with E-state index in [1.807, 2.05) is 0 Å². The molecule has 4 nitrogen and oxygen atoms in total. The maximum absolute atomic E-state index is 11.9. The highest BCUT2D eigenvalue weighted by Crippen LogP contribution is 2.35. The third kappa shape index (κ3) is 5.84. The lowest BCUT2D eigenvalue weighted by Gasteiger charge is -2.13. The number of benzene rings is 1. The summed E-state index contributed by atoms with van der Waals surface area (Å²) in [7, 11) is 3.08. The molecule has 0 spiro atoms. The summed E-state index contributed by atoms with van der Waals surface area (Å²) in [6.07, 6.45) is 6.11. The molecule has 0 saturated carbocycles. The van der Waals surface area contributed by atoms with E-state index in [9.17, 15) is 4.79 Å². The lowest BCUT2D eigenvalue weighted by molar-refractivity contribution is -0.116. The predicted molar refractivity (Wildman–Crippen MR) is 86.6 cm³/mol. The summed E-state index contributed by atoms with van der Waals surface area (Å²) in [5.41, 5.74) is 0.571. The Morgan fingerprint density at radius 1 is 1.10 bits per heavy atom. The van der Waals surface area contributed by atoms with Crippen molar-refractivity contribution in [1.82, 2.24) is 0 Å². The molecule has 5 heteroatoms. The van der Waals surface area contributed by atoms with Crippen molar-refractivity contribution in [3.63, 3.8) is 0 Å². The molecule has 21 heavy (non-hydrogen) atoms. The average molecular weight is 314 g/mol. The molecule has 0 unspecified atom stereocenters. The Labute approximate surface area is 131 Å². The molecule has 0 atom stereocenters. The van der Waals surface area contributed by atoms with E-state index >= 15 is 0 Å². The van der Waals surface area contributed by atoms with Gasteiger partial charge >= 0.3 is 0 Å². The Morgan fingerprint density at radius 3 is 2.38 bits per heavy atom. The molecule has 0 saturated heterocycles. The molecule has 0 radical (unpaired) electrons. The van der Waals surface area contributed by atoms with Crippen molar-refractivity contribution in [1.29, 1.82) is 0 Å². The van der Waals surface area contributed by atoms with Gasteiger partial charge in [-0.3, -0.25) is 4.79 Å². The van der Waals surface area contributed by atoms with Gasteiger partial charge in [-0.05, 0) is 12.5 Å². The van der Waals surface area contributed by atoms with Crippen LogP contribution in [0, 0.1) is 0 Å².